The van der Waals surface area contributed by atoms with E-state index in [1.54, 1.807) is 11.6 Å². The molecule has 0 saturated carbocycles. The lowest BCUT2D eigenvalue weighted by Gasteiger charge is -2.26. The quantitative estimate of drug-likeness (QED) is 0.672. The number of furan rings is 1. The lowest BCUT2D eigenvalue weighted by Crippen LogP contribution is -2.31. The van der Waals surface area contributed by atoms with Crippen molar-refractivity contribution in [3.05, 3.63) is 53.0 Å². The number of benzene rings is 1. The standard InChI is InChI=1S/C20H23N3O4/c1-2-26-20(25)19-16-13-22(8-7-17(16)23(21-19)9-10-24)12-15-11-14-5-3-4-6-18(14)27-15/h3-6,11,24H,2,7-10,12-13H2,1H3. The monoisotopic (exact) mass is 369 g/mol. The molecule has 1 aliphatic rings. The first kappa shape index (κ1) is 17.8. The highest BCUT2D eigenvalue weighted by Crippen LogP contribution is 2.26. The van der Waals surface area contributed by atoms with Crippen molar-refractivity contribution in [3.8, 4) is 0 Å². The van der Waals surface area contributed by atoms with E-state index in [9.17, 15) is 9.90 Å². The third kappa shape index (κ3) is 3.48. The zero-order chi connectivity index (χ0) is 18.8. The number of aliphatic hydroxyl groups is 1. The van der Waals surface area contributed by atoms with E-state index in [-0.39, 0.29) is 6.61 Å². The van der Waals surface area contributed by atoms with E-state index in [0.29, 0.717) is 31.9 Å². The average molecular weight is 369 g/mol. The third-order valence-electron chi connectivity index (χ3n) is 4.85. The Morgan fingerprint density at radius 2 is 2.22 bits per heavy atom. The Labute approximate surface area is 157 Å². The molecule has 0 radical (unpaired) electrons. The number of ether oxygens (including phenoxy) is 1. The Balaban J connectivity index is 1.58. The predicted molar refractivity (Wildman–Crippen MR) is 99.3 cm³/mol. The normalized spacial score (nSPS) is 14.4. The number of aliphatic hydroxyl groups excluding tert-OH is 1. The minimum atomic E-state index is -0.406. The molecule has 0 aliphatic carbocycles. The summed E-state index contributed by atoms with van der Waals surface area (Å²) in [6, 6.07) is 10.0. The molecular formula is C20H23N3O4. The molecule has 0 bridgehead atoms. The Morgan fingerprint density at radius 1 is 1.37 bits per heavy atom. The van der Waals surface area contributed by atoms with Crippen LogP contribution in [0.15, 0.2) is 34.7 Å². The van der Waals surface area contributed by atoms with E-state index in [1.807, 2.05) is 24.3 Å². The second kappa shape index (κ2) is 7.54. The second-order valence-electron chi connectivity index (χ2n) is 6.65. The molecule has 27 heavy (non-hydrogen) atoms. The van der Waals surface area contributed by atoms with Crippen molar-refractivity contribution in [2.45, 2.75) is 33.0 Å². The Morgan fingerprint density at radius 3 is 3.00 bits per heavy atom. The van der Waals surface area contributed by atoms with Gasteiger partial charge in [-0.1, -0.05) is 18.2 Å². The minimum Gasteiger partial charge on any atom is -0.461 e. The summed E-state index contributed by atoms with van der Waals surface area (Å²) >= 11 is 0. The largest absolute Gasteiger partial charge is 0.461 e. The van der Waals surface area contributed by atoms with Gasteiger partial charge < -0.3 is 14.3 Å². The summed E-state index contributed by atoms with van der Waals surface area (Å²) in [5.74, 6) is 0.496. The van der Waals surface area contributed by atoms with Crippen LogP contribution in [0.3, 0.4) is 0 Å². The first-order chi connectivity index (χ1) is 13.2. The van der Waals surface area contributed by atoms with Gasteiger partial charge in [-0.2, -0.15) is 5.10 Å². The summed E-state index contributed by atoms with van der Waals surface area (Å²) in [6.45, 7) is 4.56. The number of esters is 1. The molecular weight excluding hydrogens is 346 g/mol. The number of hydrogen-bond acceptors (Lipinski definition) is 6. The van der Waals surface area contributed by atoms with E-state index in [4.69, 9.17) is 9.15 Å². The van der Waals surface area contributed by atoms with Gasteiger partial charge in [0.15, 0.2) is 5.69 Å². The van der Waals surface area contributed by atoms with Gasteiger partial charge in [-0.25, -0.2) is 4.79 Å². The van der Waals surface area contributed by atoms with Crippen molar-refractivity contribution in [1.29, 1.82) is 0 Å². The van der Waals surface area contributed by atoms with Crippen LogP contribution in [0.2, 0.25) is 0 Å². The average Bonchev–Trinajstić information content (AvgIpc) is 3.23. The number of nitrogens with zero attached hydrogens (tertiary/aromatic N) is 3. The van der Waals surface area contributed by atoms with Crippen LogP contribution in [0.4, 0.5) is 0 Å². The molecule has 7 heteroatoms. The summed E-state index contributed by atoms with van der Waals surface area (Å²) in [5, 5.41) is 14.8. The lowest BCUT2D eigenvalue weighted by atomic mass is 10.0. The summed E-state index contributed by atoms with van der Waals surface area (Å²) in [5.41, 5.74) is 3.14. The van der Waals surface area contributed by atoms with Crippen LogP contribution >= 0.6 is 0 Å². The maximum absolute atomic E-state index is 12.3. The van der Waals surface area contributed by atoms with Gasteiger partial charge >= 0.3 is 5.97 Å². The highest BCUT2D eigenvalue weighted by atomic mass is 16.5. The Hall–Kier alpha value is -2.64. The Bertz CT molecular complexity index is 926. The first-order valence-electron chi connectivity index (χ1n) is 9.26. The number of fused-ring (bicyclic) bond motifs is 2. The van der Waals surface area contributed by atoms with Gasteiger partial charge in [0.05, 0.1) is 26.3 Å². The highest BCUT2D eigenvalue weighted by molar-refractivity contribution is 5.89. The molecule has 142 valence electrons. The molecule has 3 aromatic rings. The SMILES string of the molecule is CCOC(=O)c1nn(CCO)c2c1CN(Cc1cc3ccccc3o1)CC2. The van der Waals surface area contributed by atoms with Crippen molar-refractivity contribution in [1.82, 2.24) is 14.7 Å². The number of hydrogen-bond donors (Lipinski definition) is 1. The number of carbonyl (C=O) groups is 1. The van der Waals surface area contributed by atoms with Gasteiger partial charge in [0.1, 0.15) is 11.3 Å². The van der Waals surface area contributed by atoms with E-state index in [2.05, 4.69) is 16.1 Å². The number of para-hydroxylation sites is 1. The number of aromatic nitrogens is 2. The molecule has 0 amide bonds. The second-order valence-corrected chi connectivity index (χ2v) is 6.65. The van der Waals surface area contributed by atoms with Crippen LogP contribution in [0, 0.1) is 0 Å². The van der Waals surface area contributed by atoms with Gasteiger partial charge in [0.25, 0.3) is 0 Å². The topological polar surface area (TPSA) is 80.7 Å². The smallest absolute Gasteiger partial charge is 0.359 e. The molecule has 4 rings (SSSR count). The maximum atomic E-state index is 12.3. The van der Waals surface area contributed by atoms with Crippen LogP contribution < -0.4 is 0 Å². The van der Waals surface area contributed by atoms with Crippen molar-refractivity contribution in [2.75, 3.05) is 19.8 Å². The molecule has 0 spiro atoms. The van der Waals surface area contributed by atoms with Gasteiger partial charge in [-0.3, -0.25) is 9.58 Å². The molecule has 0 atom stereocenters. The molecule has 0 fully saturated rings. The fourth-order valence-electron chi connectivity index (χ4n) is 3.66. The molecule has 0 unspecified atom stereocenters. The zero-order valence-electron chi connectivity index (χ0n) is 15.4. The van der Waals surface area contributed by atoms with Crippen molar-refractivity contribution in [3.63, 3.8) is 0 Å². The van der Waals surface area contributed by atoms with Crippen molar-refractivity contribution in [2.24, 2.45) is 0 Å². The third-order valence-corrected chi connectivity index (χ3v) is 4.85. The number of carbonyl (C=O) groups excluding carboxylic acids is 1. The lowest BCUT2D eigenvalue weighted by molar-refractivity contribution is 0.0515. The first-order valence-corrected chi connectivity index (χ1v) is 9.26. The van der Waals surface area contributed by atoms with Gasteiger partial charge in [-0.05, 0) is 19.1 Å². The van der Waals surface area contributed by atoms with Crippen molar-refractivity contribution >= 4 is 16.9 Å². The van der Waals surface area contributed by atoms with Crippen LogP contribution in [0.5, 0.6) is 0 Å². The molecule has 1 N–H and O–H groups in total. The van der Waals surface area contributed by atoms with E-state index >= 15 is 0 Å². The van der Waals surface area contributed by atoms with Crippen molar-refractivity contribution < 1.29 is 19.1 Å². The fourth-order valence-corrected chi connectivity index (χ4v) is 3.66. The molecule has 3 heterocycles. The molecule has 1 aromatic carbocycles. The van der Waals surface area contributed by atoms with E-state index in [1.165, 1.54) is 0 Å². The molecule has 2 aromatic heterocycles. The Kier molecular flexibility index (Phi) is 4.96. The summed E-state index contributed by atoms with van der Waals surface area (Å²) in [7, 11) is 0. The summed E-state index contributed by atoms with van der Waals surface area (Å²) in [6.07, 6.45) is 0.766. The van der Waals surface area contributed by atoms with Gasteiger partial charge in [0.2, 0.25) is 0 Å². The van der Waals surface area contributed by atoms with Crippen LogP contribution in [-0.4, -0.2) is 45.5 Å². The number of rotatable bonds is 6. The fraction of sp³-hybridized carbons (Fsp3) is 0.400. The minimum absolute atomic E-state index is 0.0148. The summed E-state index contributed by atoms with van der Waals surface area (Å²) in [4.78, 5) is 14.6. The van der Waals surface area contributed by atoms with E-state index in [0.717, 1.165) is 41.0 Å². The predicted octanol–water partition coefficient (Wildman–Crippen LogP) is 2.36. The maximum Gasteiger partial charge on any atom is 0.359 e. The summed E-state index contributed by atoms with van der Waals surface area (Å²) < 4.78 is 12.8. The van der Waals surface area contributed by atoms with Gasteiger partial charge in [-0.15, -0.1) is 0 Å². The molecule has 1 aliphatic heterocycles. The van der Waals surface area contributed by atoms with Crippen LogP contribution in [-0.2, 0) is 30.8 Å². The molecule has 7 nitrogen and oxygen atoms in total. The molecule has 0 saturated heterocycles. The van der Waals surface area contributed by atoms with Crippen LogP contribution in [0.25, 0.3) is 11.0 Å². The van der Waals surface area contributed by atoms with E-state index < -0.39 is 5.97 Å². The highest BCUT2D eigenvalue weighted by Gasteiger charge is 2.29. The zero-order valence-corrected chi connectivity index (χ0v) is 15.4. The van der Waals surface area contributed by atoms with Crippen LogP contribution in [0.1, 0.15) is 34.4 Å². The van der Waals surface area contributed by atoms with Gasteiger partial charge in [0, 0.05) is 36.2 Å².